The van der Waals surface area contributed by atoms with Crippen LogP contribution in [0.4, 0.5) is 0 Å². The molecule has 2 fully saturated rings. The summed E-state index contributed by atoms with van der Waals surface area (Å²) in [7, 11) is 0. The molecule has 0 aromatic carbocycles. The van der Waals surface area contributed by atoms with Gasteiger partial charge in [0.25, 0.3) is 0 Å². The smallest absolute Gasteiger partial charge is 0.237 e. The van der Waals surface area contributed by atoms with Gasteiger partial charge in [0.05, 0.1) is 6.54 Å². The number of fused-ring (bicyclic) bond motifs is 2. The maximum Gasteiger partial charge on any atom is 0.237 e. The van der Waals surface area contributed by atoms with Crippen molar-refractivity contribution in [2.24, 2.45) is 0 Å². The van der Waals surface area contributed by atoms with Crippen molar-refractivity contribution in [1.82, 2.24) is 15.1 Å². The number of piperidine rings is 1. The average Bonchev–Trinajstić information content (AvgIpc) is 2.80. The van der Waals surface area contributed by atoms with Gasteiger partial charge in [0, 0.05) is 31.2 Å². The van der Waals surface area contributed by atoms with Gasteiger partial charge in [0.1, 0.15) is 0 Å². The first kappa shape index (κ1) is 16.5. The van der Waals surface area contributed by atoms with Gasteiger partial charge in [-0.2, -0.15) is 0 Å². The number of nitrogens with one attached hydrogen (secondary N) is 1. The second-order valence-electron chi connectivity index (χ2n) is 6.69. The van der Waals surface area contributed by atoms with Crippen LogP contribution in [0, 0.1) is 0 Å². The average molecular weight is 293 g/mol. The minimum absolute atomic E-state index is 0.244. The number of hydrogen-bond acceptors (Lipinski definition) is 3. The van der Waals surface area contributed by atoms with E-state index in [2.05, 4.69) is 23.7 Å². The first-order chi connectivity index (χ1) is 10.0. The molecule has 2 unspecified atom stereocenters. The van der Waals surface area contributed by atoms with Gasteiger partial charge in [-0.3, -0.25) is 9.69 Å². The largest absolute Gasteiger partial charge is 0.338 e. The van der Waals surface area contributed by atoms with Gasteiger partial charge in [0.2, 0.25) is 5.91 Å². The lowest BCUT2D eigenvalue weighted by Crippen LogP contribution is -2.51. The molecule has 120 valence electrons. The molecule has 2 bridgehead atoms. The lowest BCUT2D eigenvalue weighted by Gasteiger charge is -2.37. The molecule has 0 aromatic heterocycles. The molecule has 4 heteroatoms. The molecule has 1 amide bonds. The fourth-order valence-corrected chi connectivity index (χ4v) is 3.80. The van der Waals surface area contributed by atoms with Crippen molar-refractivity contribution in [2.45, 2.75) is 64.6 Å². The van der Waals surface area contributed by atoms with E-state index >= 15 is 0 Å². The zero-order valence-corrected chi connectivity index (χ0v) is 13.9. The van der Waals surface area contributed by atoms with Crippen LogP contribution in [0.2, 0.25) is 0 Å². The first-order valence-corrected chi connectivity index (χ1v) is 8.45. The SMILES string of the molecule is C=C(C)CN(CC)C(=O)CN(CC)C1CC2CCC(C1)N2. The van der Waals surface area contributed by atoms with Crippen LogP contribution in [0.3, 0.4) is 0 Å². The highest BCUT2D eigenvalue weighted by Gasteiger charge is 2.36. The Morgan fingerprint density at radius 3 is 2.24 bits per heavy atom. The summed E-state index contributed by atoms with van der Waals surface area (Å²) >= 11 is 0. The highest BCUT2D eigenvalue weighted by molar-refractivity contribution is 5.78. The standard InChI is InChI=1S/C17H31N3O/c1-5-19(12-17(21)20(6-2)11-13(3)4)16-9-14-7-8-15(10-16)18-14/h14-16,18H,3,5-12H2,1-2,4H3. The molecule has 0 aliphatic carbocycles. The molecule has 4 nitrogen and oxygen atoms in total. The quantitative estimate of drug-likeness (QED) is 0.730. The van der Waals surface area contributed by atoms with Crippen molar-refractivity contribution >= 4 is 5.91 Å². The van der Waals surface area contributed by atoms with Crippen molar-refractivity contribution in [1.29, 1.82) is 0 Å². The van der Waals surface area contributed by atoms with Gasteiger partial charge in [-0.15, -0.1) is 0 Å². The Bertz CT molecular complexity index is 370. The van der Waals surface area contributed by atoms with E-state index in [0.29, 0.717) is 31.2 Å². The zero-order valence-electron chi connectivity index (χ0n) is 13.9. The molecule has 21 heavy (non-hydrogen) atoms. The summed E-state index contributed by atoms with van der Waals surface area (Å²) in [4.78, 5) is 16.8. The summed E-state index contributed by atoms with van der Waals surface area (Å²) in [6.45, 7) is 13.1. The van der Waals surface area contributed by atoms with Crippen LogP contribution < -0.4 is 5.32 Å². The van der Waals surface area contributed by atoms with E-state index < -0.39 is 0 Å². The maximum absolute atomic E-state index is 12.5. The molecule has 0 saturated carbocycles. The molecule has 2 heterocycles. The van der Waals surface area contributed by atoms with E-state index in [9.17, 15) is 4.79 Å². The molecular formula is C17H31N3O. The number of likely N-dealkylation sites (N-methyl/N-ethyl adjacent to an activating group) is 2. The Morgan fingerprint density at radius 1 is 1.14 bits per heavy atom. The highest BCUT2D eigenvalue weighted by Crippen LogP contribution is 2.29. The Morgan fingerprint density at radius 2 is 1.76 bits per heavy atom. The molecule has 0 radical (unpaired) electrons. The second kappa shape index (κ2) is 7.41. The predicted octanol–water partition coefficient (Wildman–Crippen LogP) is 2.02. The zero-order chi connectivity index (χ0) is 15.4. The number of carbonyl (C=O) groups excluding carboxylic acids is 1. The van der Waals surface area contributed by atoms with E-state index in [4.69, 9.17) is 0 Å². The monoisotopic (exact) mass is 293 g/mol. The fraction of sp³-hybridized carbons (Fsp3) is 0.824. The van der Waals surface area contributed by atoms with Crippen LogP contribution in [0.5, 0.6) is 0 Å². The Balaban J connectivity index is 1.91. The van der Waals surface area contributed by atoms with Crippen molar-refractivity contribution < 1.29 is 4.79 Å². The number of nitrogens with zero attached hydrogens (tertiary/aromatic N) is 2. The van der Waals surface area contributed by atoms with E-state index in [-0.39, 0.29) is 5.91 Å². The molecule has 0 aromatic rings. The van der Waals surface area contributed by atoms with E-state index in [1.54, 1.807) is 0 Å². The summed E-state index contributed by atoms with van der Waals surface area (Å²) in [6.07, 6.45) is 5.02. The van der Waals surface area contributed by atoms with Gasteiger partial charge in [-0.25, -0.2) is 0 Å². The lowest BCUT2D eigenvalue weighted by atomic mass is 9.98. The summed E-state index contributed by atoms with van der Waals surface area (Å²) in [5.74, 6) is 0.244. The molecule has 0 spiro atoms. The van der Waals surface area contributed by atoms with Crippen LogP contribution in [0.25, 0.3) is 0 Å². The van der Waals surface area contributed by atoms with Gasteiger partial charge < -0.3 is 10.2 Å². The summed E-state index contributed by atoms with van der Waals surface area (Å²) < 4.78 is 0. The van der Waals surface area contributed by atoms with E-state index in [1.807, 2.05) is 18.7 Å². The molecule has 2 aliphatic heterocycles. The minimum atomic E-state index is 0.244. The molecule has 1 N–H and O–H groups in total. The van der Waals surface area contributed by atoms with Gasteiger partial charge in [0.15, 0.2) is 0 Å². The normalized spacial score (nSPS) is 27.9. The summed E-state index contributed by atoms with van der Waals surface area (Å²) in [5, 5.41) is 3.68. The Labute approximate surface area is 129 Å². The van der Waals surface area contributed by atoms with E-state index in [1.165, 1.54) is 25.7 Å². The van der Waals surface area contributed by atoms with Crippen LogP contribution in [0.15, 0.2) is 12.2 Å². The Kier molecular flexibility index (Phi) is 5.82. The summed E-state index contributed by atoms with van der Waals surface area (Å²) in [6, 6.07) is 1.92. The van der Waals surface area contributed by atoms with E-state index in [0.717, 1.165) is 18.7 Å². The molecule has 2 rings (SSSR count). The number of amides is 1. The topological polar surface area (TPSA) is 35.6 Å². The van der Waals surface area contributed by atoms with Gasteiger partial charge in [-0.1, -0.05) is 19.1 Å². The van der Waals surface area contributed by atoms with Gasteiger partial charge in [-0.05, 0) is 46.1 Å². The highest BCUT2D eigenvalue weighted by atomic mass is 16.2. The third-order valence-electron chi connectivity index (χ3n) is 4.90. The molecular weight excluding hydrogens is 262 g/mol. The number of carbonyl (C=O) groups is 1. The summed E-state index contributed by atoms with van der Waals surface area (Å²) in [5.41, 5.74) is 1.05. The van der Waals surface area contributed by atoms with Crippen molar-refractivity contribution in [2.75, 3.05) is 26.2 Å². The molecule has 2 aliphatic rings. The predicted molar refractivity (Wildman–Crippen MR) is 87.3 cm³/mol. The van der Waals surface area contributed by atoms with Crippen molar-refractivity contribution in [3.05, 3.63) is 12.2 Å². The molecule has 2 saturated heterocycles. The third kappa shape index (κ3) is 4.30. The molecule has 2 atom stereocenters. The number of hydrogen-bond donors (Lipinski definition) is 1. The lowest BCUT2D eigenvalue weighted by molar-refractivity contribution is -0.132. The minimum Gasteiger partial charge on any atom is -0.338 e. The fourth-order valence-electron chi connectivity index (χ4n) is 3.80. The Hall–Kier alpha value is -0.870. The van der Waals surface area contributed by atoms with Crippen LogP contribution in [0.1, 0.15) is 46.5 Å². The first-order valence-electron chi connectivity index (χ1n) is 8.45. The number of rotatable bonds is 7. The third-order valence-corrected chi connectivity index (χ3v) is 4.90. The van der Waals surface area contributed by atoms with Crippen LogP contribution >= 0.6 is 0 Å². The van der Waals surface area contributed by atoms with Crippen molar-refractivity contribution in [3.63, 3.8) is 0 Å². The second-order valence-corrected chi connectivity index (χ2v) is 6.69. The van der Waals surface area contributed by atoms with Crippen molar-refractivity contribution in [3.8, 4) is 0 Å². The maximum atomic E-state index is 12.5. The van der Waals surface area contributed by atoms with Crippen LogP contribution in [-0.4, -0.2) is 60.0 Å². The van der Waals surface area contributed by atoms with Gasteiger partial charge >= 0.3 is 0 Å². The van der Waals surface area contributed by atoms with Crippen LogP contribution in [-0.2, 0) is 4.79 Å².